The molecule has 0 saturated heterocycles. The Morgan fingerprint density at radius 1 is 1.27 bits per heavy atom. The third kappa shape index (κ3) is 1.85. The number of hydrogen-bond donors (Lipinski definition) is 0. The SMILES string of the molecule is O=C(c1nc2ccccc2s1)C(F)(F)F. The van der Waals surface area contributed by atoms with Crippen LogP contribution in [0.5, 0.6) is 0 Å². The van der Waals surface area contributed by atoms with E-state index in [9.17, 15) is 18.0 Å². The maximum atomic E-state index is 12.1. The van der Waals surface area contributed by atoms with Crippen LogP contribution in [-0.2, 0) is 0 Å². The first-order valence-electron chi connectivity index (χ1n) is 3.95. The first kappa shape index (κ1) is 10.1. The van der Waals surface area contributed by atoms with Crippen molar-refractivity contribution >= 4 is 27.3 Å². The number of benzene rings is 1. The molecule has 0 bridgehead atoms. The highest BCUT2D eigenvalue weighted by Crippen LogP contribution is 2.27. The van der Waals surface area contributed by atoms with Crippen molar-refractivity contribution in [2.45, 2.75) is 6.18 Å². The van der Waals surface area contributed by atoms with Crippen molar-refractivity contribution in [3.05, 3.63) is 29.3 Å². The van der Waals surface area contributed by atoms with Crippen molar-refractivity contribution in [3.63, 3.8) is 0 Å². The average Bonchev–Trinajstić information content (AvgIpc) is 2.58. The summed E-state index contributed by atoms with van der Waals surface area (Å²) >= 11 is 0.752. The van der Waals surface area contributed by atoms with Gasteiger partial charge < -0.3 is 0 Å². The number of para-hydroxylation sites is 1. The number of rotatable bonds is 1. The molecule has 1 aromatic carbocycles. The van der Waals surface area contributed by atoms with Crippen LogP contribution in [0.15, 0.2) is 24.3 Å². The van der Waals surface area contributed by atoms with Crippen molar-refractivity contribution in [2.24, 2.45) is 0 Å². The van der Waals surface area contributed by atoms with Crippen LogP contribution in [0.1, 0.15) is 9.80 Å². The second-order valence-electron chi connectivity index (χ2n) is 2.81. The molecular weight excluding hydrogens is 227 g/mol. The summed E-state index contributed by atoms with van der Waals surface area (Å²) in [6, 6.07) is 6.53. The molecule has 2 rings (SSSR count). The minimum absolute atomic E-state index is 0.412. The van der Waals surface area contributed by atoms with Gasteiger partial charge in [-0.05, 0) is 12.1 Å². The van der Waals surface area contributed by atoms with Gasteiger partial charge in [0.25, 0.3) is 5.78 Å². The zero-order chi connectivity index (χ0) is 11.1. The largest absolute Gasteiger partial charge is 0.457 e. The number of alkyl halides is 3. The van der Waals surface area contributed by atoms with Crippen LogP contribution in [0, 0.1) is 0 Å². The Morgan fingerprint density at radius 3 is 2.53 bits per heavy atom. The maximum Gasteiger partial charge on any atom is 0.457 e. The van der Waals surface area contributed by atoms with Crippen molar-refractivity contribution < 1.29 is 18.0 Å². The fourth-order valence-corrected chi connectivity index (χ4v) is 2.02. The first-order chi connectivity index (χ1) is 6.98. The molecule has 0 amide bonds. The summed E-state index contributed by atoms with van der Waals surface area (Å²) in [6.07, 6.45) is -4.85. The Bertz CT molecular complexity index is 484. The molecule has 78 valence electrons. The van der Waals surface area contributed by atoms with Crippen LogP contribution in [0.25, 0.3) is 10.2 Å². The lowest BCUT2D eigenvalue weighted by molar-refractivity contribution is -0.0885. The number of aromatic nitrogens is 1. The molecule has 0 aliphatic heterocycles. The molecule has 0 radical (unpaired) electrons. The summed E-state index contributed by atoms with van der Waals surface area (Å²) in [6.45, 7) is 0. The van der Waals surface area contributed by atoms with Crippen LogP contribution in [0.2, 0.25) is 0 Å². The number of hydrogen-bond acceptors (Lipinski definition) is 3. The first-order valence-corrected chi connectivity index (χ1v) is 4.77. The van der Waals surface area contributed by atoms with Crippen molar-refractivity contribution in [2.75, 3.05) is 0 Å². The Labute approximate surface area is 86.4 Å². The van der Waals surface area contributed by atoms with Crippen LogP contribution in [0.4, 0.5) is 13.2 Å². The number of Topliss-reactive ketones (excluding diaryl/α,β-unsaturated/α-hetero) is 1. The minimum Gasteiger partial charge on any atom is -0.281 e. The van der Waals surface area contributed by atoms with E-state index in [-0.39, 0.29) is 0 Å². The van der Waals surface area contributed by atoms with Gasteiger partial charge in [-0.3, -0.25) is 4.79 Å². The Morgan fingerprint density at radius 2 is 1.93 bits per heavy atom. The third-order valence-corrected chi connectivity index (χ3v) is 2.78. The molecule has 0 unspecified atom stereocenters. The van der Waals surface area contributed by atoms with Gasteiger partial charge in [0, 0.05) is 0 Å². The van der Waals surface area contributed by atoms with E-state index in [1.165, 1.54) is 0 Å². The highest BCUT2D eigenvalue weighted by molar-refractivity contribution is 7.20. The smallest absolute Gasteiger partial charge is 0.281 e. The van der Waals surface area contributed by atoms with Crippen molar-refractivity contribution in [1.29, 1.82) is 0 Å². The lowest BCUT2D eigenvalue weighted by Gasteiger charge is -1.99. The van der Waals surface area contributed by atoms with Gasteiger partial charge in [-0.25, -0.2) is 4.98 Å². The monoisotopic (exact) mass is 231 g/mol. The van der Waals surface area contributed by atoms with Gasteiger partial charge in [0.05, 0.1) is 10.2 Å². The van der Waals surface area contributed by atoms with Gasteiger partial charge in [0.1, 0.15) is 0 Å². The summed E-state index contributed by atoms with van der Waals surface area (Å²) in [4.78, 5) is 14.5. The summed E-state index contributed by atoms with van der Waals surface area (Å²) < 4.78 is 36.8. The van der Waals surface area contributed by atoms with Gasteiger partial charge in [-0.1, -0.05) is 12.1 Å². The van der Waals surface area contributed by atoms with Gasteiger partial charge >= 0.3 is 6.18 Å². The quantitative estimate of drug-likeness (QED) is 0.706. The predicted octanol–water partition coefficient (Wildman–Crippen LogP) is 3.04. The number of carbonyl (C=O) groups is 1. The van der Waals surface area contributed by atoms with E-state index in [1.807, 2.05) is 0 Å². The molecule has 15 heavy (non-hydrogen) atoms. The highest BCUT2D eigenvalue weighted by Gasteiger charge is 2.41. The van der Waals surface area contributed by atoms with E-state index in [0.29, 0.717) is 10.2 Å². The van der Waals surface area contributed by atoms with Gasteiger partial charge in [-0.2, -0.15) is 13.2 Å². The van der Waals surface area contributed by atoms with Crippen LogP contribution in [-0.4, -0.2) is 16.9 Å². The van der Waals surface area contributed by atoms with E-state index in [0.717, 1.165) is 11.3 Å². The lowest BCUT2D eigenvalue weighted by Crippen LogP contribution is -2.22. The lowest BCUT2D eigenvalue weighted by atomic mass is 10.3. The number of ketones is 1. The molecule has 0 fully saturated rings. The molecule has 6 heteroatoms. The molecule has 1 aromatic heterocycles. The molecule has 0 atom stereocenters. The highest BCUT2D eigenvalue weighted by atomic mass is 32.1. The second kappa shape index (κ2) is 3.30. The van der Waals surface area contributed by atoms with Gasteiger partial charge in [-0.15, -0.1) is 11.3 Å². The second-order valence-corrected chi connectivity index (χ2v) is 3.84. The Balaban J connectivity index is 2.50. The third-order valence-electron chi connectivity index (χ3n) is 1.75. The molecule has 2 nitrogen and oxygen atoms in total. The van der Waals surface area contributed by atoms with Crippen LogP contribution < -0.4 is 0 Å². The molecule has 1 heterocycles. The number of carbonyl (C=O) groups excluding carboxylic acids is 1. The standard InChI is InChI=1S/C9H4F3NOS/c10-9(11,12)7(14)8-13-5-3-1-2-4-6(5)15-8/h1-4H. The van der Waals surface area contributed by atoms with E-state index in [2.05, 4.69) is 4.98 Å². The molecule has 0 saturated carbocycles. The zero-order valence-electron chi connectivity index (χ0n) is 7.21. The van der Waals surface area contributed by atoms with Gasteiger partial charge in [0.15, 0.2) is 5.01 Å². The minimum atomic E-state index is -4.85. The van der Waals surface area contributed by atoms with E-state index >= 15 is 0 Å². The number of fused-ring (bicyclic) bond motifs is 1. The summed E-state index contributed by atoms with van der Waals surface area (Å²) in [5.41, 5.74) is 0.412. The number of nitrogens with zero attached hydrogens (tertiary/aromatic N) is 1. The Kier molecular flexibility index (Phi) is 2.22. The van der Waals surface area contributed by atoms with Crippen LogP contribution in [0.3, 0.4) is 0 Å². The molecule has 0 spiro atoms. The summed E-state index contributed by atoms with van der Waals surface area (Å²) in [7, 11) is 0. The Hall–Kier alpha value is -1.43. The zero-order valence-corrected chi connectivity index (χ0v) is 8.02. The molecule has 0 aliphatic carbocycles. The fraction of sp³-hybridized carbons (Fsp3) is 0.111. The summed E-state index contributed by atoms with van der Waals surface area (Å²) in [5.74, 6) is -1.89. The fourth-order valence-electron chi connectivity index (χ4n) is 1.09. The predicted molar refractivity (Wildman–Crippen MR) is 50.0 cm³/mol. The van der Waals surface area contributed by atoms with E-state index < -0.39 is 17.0 Å². The average molecular weight is 231 g/mol. The van der Waals surface area contributed by atoms with Crippen molar-refractivity contribution in [3.8, 4) is 0 Å². The number of thiazole rings is 1. The van der Waals surface area contributed by atoms with Gasteiger partial charge in [0.2, 0.25) is 0 Å². The molecule has 0 aliphatic rings. The molecule has 0 N–H and O–H groups in total. The topological polar surface area (TPSA) is 30.0 Å². The van der Waals surface area contributed by atoms with E-state index in [4.69, 9.17) is 0 Å². The summed E-state index contributed by atoms with van der Waals surface area (Å²) in [5, 5.41) is -0.510. The maximum absolute atomic E-state index is 12.1. The molecular formula is C9H4F3NOS. The van der Waals surface area contributed by atoms with E-state index in [1.54, 1.807) is 24.3 Å². The normalized spacial score (nSPS) is 11.9. The molecule has 2 aromatic rings. The number of halogens is 3. The van der Waals surface area contributed by atoms with Crippen molar-refractivity contribution in [1.82, 2.24) is 4.98 Å². The van der Waals surface area contributed by atoms with Crippen LogP contribution >= 0.6 is 11.3 Å².